The molecule has 0 bridgehead atoms. The van der Waals surface area contributed by atoms with Crippen molar-refractivity contribution < 1.29 is 19.4 Å². The average Bonchev–Trinajstić information content (AvgIpc) is 3.32. The Hall–Kier alpha value is -3.19. The first kappa shape index (κ1) is 23.0. The van der Waals surface area contributed by atoms with Gasteiger partial charge in [-0.25, -0.2) is 0 Å². The molecule has 1 saturated heterocycles. The number of Topliss-reactive ketones (excluding diaryl/α,β-unsaturated/α-hetero) is 1. The van der Waals surface area contributed by atoms with Crippen molar-refractivity contribution in [1.29, 1.82) is 0 Å². The molecule has 1 aromatic heterocycles. The standard InChI is InChI=1S/C26H31N3O4/c1-4-28(5-2)12-7-13-29-23(19-8-6-11-27-16-19)22(25(31)26(29)32)24(30)18-9-10-21-20(15-18)14-17(3)33-21/h6,8-11,15-17,23,30H,4-5,7,12-14H2,1-3H3. The van der Waals surface area contributed by atoms with Crippen molar-refractivity contribution in [2.75, 3.05) is 26.2 Å². The summed E-state index contributed by atoms with van der Waals surface area (Å²) in [6.45, 7) is 9.32. The predicted octanol–water partition coefficient (Wildman–Crippen LogP) is 3.56. The average molecular weight is 450 g/mol. The van der Waals surface area contributed by atoms with Crippen LogP contribution in [0.5, 0.6) is 5.75 Å². The third-order valence-corrected chi connectivity index (χ3v) is 6.48. The van der Waals surface area contributed by atoms with Gasteiger partial charge in [-0.3, -0.25) is 14.6 Å². The Morgan fingerprint density at radius 1 is 1.24 bits per heavy atom. The topological polar surface area (TPSA) is 83.0 Å². The Kier molecular flexibility index (Phi) is 6.79. The number of benzene rings is 1. The summed E-state index contributed by atoms with van der Waals surface area (Å²) in [5.41, 5.74) is 2.32. The van der Waals surface area contributed by atoms with Crippen molar-refractivity contribution in [1.82, 2.24) is 14.8 Å². The largest absolute Gasteiger partial charge is 0.507 e. The van der Waals surface area contributed by atoms with Crippen LogP contribution in [0.3, 0.4) is 0 Å². The van der Waals surface area contributed by atoms with Crippen LogP contribution in [0.4, 0.5) is 0 Å². The van der Waals surface area contributed by atoms with E-state index in [0.29, 0.717) is 17.7 Å². The fraction of sp³-hybridized carbons (Fsp3) is 0.423. The molecule has 0 aliphatic carbocycles. The molecule has 4 rings (SSSR count). The number of carbonyl (C=O) groups is 2. The van der Waals surface area contributed by atoms with Crippen LogP contribution in [0.1, 0.15) is 49.9 Å². The second-order valence-corrected chi connectivity index (χ2v) is 8.61. The molecular formula is C26H31N3O4. The van der Waals surface area contributed by atoms with Gasteiger partial charge in [0, 0.05) is 30.9 Å². The number of nitrogens with zero attached hydrogens (tertiary/aromatic N) is 3. The molecular weight excluding hydrogens is 418 g/mol. The van der Waals surface area contributed by atoms with E-state index in [9.17, 15) is 14.7 Å². The van der Waals surface area contributed by atoms with Crippen molar-refractivity contribution in [2.24, 2.45) is 0 Å². The number of amides is 1. The van der Waals surface area contributed by atoms with Gasteiger partial charge >= 0.3 is 0 Å². The molecule has 0 radical (unpaired) electrons. The first-order valence-electron chi connectivity index (χ1n) is 11.6. The number of aliphatic hydroxyl groups is 1. The van der Waals surface area contributed by atoms with Crippen LogP contribution in [0.2, 0.25) is 0 Å². The van der Waals surface area contributed by atoms with E-state index in [1.165, 1.54) is 0 Å². The summed E-state index contributed by atoms with van der Waals surface area (Å²) in [4.78, 5) is 34.3. The number of ketones is 1. The SMILES string of the molecule is CCN(CC)CCCN1C(=O)C(=O)C(=C(O)c2ccc3c(c2)CC(C)O3)C1c1cccnc1. The quantitative estimate of drug-likeness (QED) is 0.377. The number of fused-ring (bicyclic) bond motifs is 1. The van der Waals surface area contributed by atoms with Crippen LogP contribution in [-0.4, -0.2) is 63.9 Å². The maximum absolute atomic E-state index is 13.1. The van der Waals surface area contributed by atoms with Crippen molar-refractivity contribution in [3.8, 4) is 5.75 Å². The van der Waals surface area contributed by atoms with Gasteiger partial charge in [-0.05, 0) is 68.4 Å². The molecule has 1 fully saturated rings. The van der Waals surface area contributed by atoms with Gasteiger partial charge in [0.05, 0.1) is 11.6 Å². The first-order chi connectivity index (χ1) is 15.9. The lowest BCUT2D eigenvalue weighted by Crippen LogP contribution is -2.33. The first-order valence-corrected chi connectivity index (χ1v) is 11.6. The fourth-order valence-corrected chi connectivity index (χ4v) is 4.72. The third kappa shape index (κ3) is 4.50. The minimum absolute atomic E-state index is 0.0733. The number of aliphatic hydroxyl groups excluding tert-OH is 1. The third-order valence-electron chi connectivity index (χ3n) is 6.48. The lowest BCUT2D eigenvalue weighted by atomic mass is 9.95. The van der Waals surface area contributed by atoms with Crippen molar-refractivity contribution in [2.45, 2.75) is 45.8 Å². The van der Waals surface area contributed by atoms with Crippen LogP contribution in [-0.2, 0) is 16.0 Å². The van der Waals surface area contributed by atoms with Gasteiger partial charge < -0.3 is 19.6 Å². The van der Waals surface area contributed by atoms with Crippen LogP contribution in [0.15, 0.2) is 48.3 Å². The summed E-state index contributed by atoms with van der Waals surface area (Å²) in [6, 6.07) is 8.35. The van der Waals surface area contributed by atoms with Gasteiger partial charge in [0.25, 0.3) is 11.7 Å². The minimum Gasteiger partial charge on any atom is -0.507 e. The lowest BCUT2D eigenvalue weighted by molar-refractivity contribution is -0.140. The Bertz CT molecular complexity index is 1060. The fourth-order valence-electron chi connectivity index (χ4n) is 4.72. The number of pyridine rings is 1. The smallest absolute Gasteiger partial charge is 0.295 e. The molecule has 1 amide bonds. The van der Waals surface area contributed by atoms with Crippen LogP contribution >= 0.6 is 0 Å². The van der Waals surface area contributed by atoms with E-state index < -0.39 is 17.7 Å². The van der Waals surface area contributed by atoms with Crippen LogP contribution in [0.25, 0.3) is 5.76 Å². The maximum atomic E-state index is 13.1. The molecule has 7 heteroatoms. The van der Waals surface area contributed by atoms with Gasteiger partial charge in [0.2, 0.25) is 0 Å². The van der Waals surface area contributed by atoms with Gasteiger partial charge in [0.1, 0.15) is 17.6 Å². The highest BCUT2D eigenvalue weighted by molar-refractivity contribution is 6.46. The summed E-state index contributed by atoms with van der Waals surface area (Å²) >= 11 is 0. The second kappa shape index (κ2) is 9.75. The highest BCUT2D eigenvalue weighted by Gasteiger charge is 2.46. The molecule has 3 heterocycles. The van der Waals surface area contributed by atoms with Gasteiger partial charge in [-0.15, -0.1) is 0 Å². The summed E-state index contributed by atoms with van der Waals surface area (Å²) in [6.07, 6.45) is 4.85. The molecule has 0 spiro atoms. The van der Waals surface area contributed by atoms with Crippen molar-refractivity contribution >= 4 is 17.4 Å². The van der Waals surface area contributed by atoms with Gasteiger partial charge in [-0.1, -0.05) is 19.9 Å². The van der Waals surface area contributed by atoms with E-state index in [1.54, 1.807) is 29.4 Å². The van der Waals surface area contributed by atoms with Gasteiger partial charge in [0.15, 0.2) is 0 Å². The zero-order valence-electron chi connectivity index (χ0n) is 19.5. The van der Waals surface area contributed by atoms with E-state index in [-0.39, 0.29) is 17.4 Å². The number of hydrogen-bond donors (Lipinski definition) is 1. The minimum atomic E-state index is -0.668. The highest BCUT2D eigenvalue weighted by atomic mass is 16.5. The van der Waals surface area contributed by atoms with Crippen LogP contribution in [0, 0.1) is 0 Å². The van der Waals surface area contributed by atoms with E-state index in [2.05, 4.69) is 23.7 Å². The van der Waals surface area contributed by atoms with Gasteiger partial charge in [-0.2, -0.15) is 0 Å². The molecule has 2 unspecified atom stereocenters. The Labute approximate surface area is 194 Å². The zero-order valence-corrected chi connectivity index (χ0v) is 19.5. The summed E-state index contributed by atoms with van der Waals surface area (Å²) in [5, 5.41) is 11.3. The number of ether oxygens (including phenoxy) is 1. The molecule has 2 aliphatic rings. The molecule has 2 aromatic rings. The molecule has 7 nitrogen and oxygen atoms in total. The van der Waals surface area contributed by atoms with Crippen molar-refractivity contribution in [3.63, 3.8) is 0 Å². The molecule has 1 aromatic carbocycles. The maximum Gasteiger partial charge on any atom is 0.295 e. The molecule has 33 heavy (non-hydrogen) atoms. The Balaban J connectivity index is 1.71. The molecule has 174 valence electrons. The van der Waals surface area contributed by atoms with Crippen molar-refractivity contribution in [3.05, 3.63) is 65.0 Å². The van der Waals surface area contributed by atoms with E-state index in [4.69, 9.17) is 4.74 Å². The highest BCUT2D eigenvalue weighted by Crippen LogP contribution is 2.40. The second-order valence-electron chi connectivity index (χ2n) is 8.61. The van der Waals surface area contributed by atoms with E-state index in [1.807, 2.05) is 25.1 Å². The summed E-state index contributed by atoms with van der Waals surface area (Å²) in [7, 11) is 0. The number of carbonyl (C=O) groups excluding carboxylic acids is 2. The Morgan fingerprint density at radius 3 is 2.73 bits per heavy atom. The van der Waals surface area contributed by atoms with E-state index in [0.717, 1.165) is 43.8 Å². The predicted molar refractivity (Wildman–Crippen MR) is 126 cm³/mol. The molecule has 0 saturated carbocycles. The zero-order chi connectivity index (χ0) is 23.5. The lowest BCUT2D eigenvalue weighted by Gasteiger charge is -2.26. The molecule has 2 aliphatic heterocycles. The summed E-state index contributed by atoms with van der Waals surface area (Å²) in [5.74, 6) is -0.604. The number of rotatable bonds is 8. The number of likely N-dealkylation sites (tertiary alicyclic amines) is 1. The molecule has 2 atom stereocenters. The Morgan fingerprint density at radius 2 is 2.03 bits per heavy atom. The molecule has 1 N–H and O–H groups in total. The number of hydrogen-bond acceptors (Lipinski definition) is 6. The van der Waals surface area contributed by atoms with E-state index >= 15 is 0 Å². The monoisotopic (exact) mass is 449 g/mol. The number of aromatic nitrogens is 1. The van der Waals surface area contributed by atoms with Crippen LogP contribution < -0.4 is 4.74 Å². The normalized spacial score (nSPS) is 21.5. The summed E-state index contributed by atoms with van der Waals surface area (Å²) < 4.78 is 5.76.